The lowest BCUT2D eigenvalue weighted by Crippen LogP contribution is -2.37. The third-order valence-corrected chi connectivity index (χ3v) is 5.47. The maximum atomic E-state index is 6.43. The zero-order valence-corrected chi connectivity index (χ0v) is 14.7. The van der Waals surface area contributed by atoms with Gasteiger partial charge in [-0.05, 0) is 18.2 Å². The summed E-state index contributed by atoms with van der Waals surface area (Å²) in [6.45, 7) is 4.74. The topological polar surface area (TPSA) is 59.0 Å². The Bertz CT molecular complexity index is 813. The number of benzene rings is 1. The molecule has 3 aromatic rings. The molecule has 3 heterocycles. The molecule has 0 saturated carbocycles. The van der Waals surface area contributed by atoms with Gasteiger partial charge in [-0.1, -0.05) is 11.6 Å². The number of nitrogens with one attached hydrogen (secondary N) is 1. The number of H-pyrrole nitrogens is 1. The minimum Gasteiger partial charge on any atom is -0.379 e. The van der Waals surface area contributed by atoms with Crippen LogP contribution >= 0.6 is 23.4 Å². The molecular weight excluding hydrogens is 346 g/mol. The predicted molar refractivity (Wildman–Crippen MR) is 96.2 cm³/mol. The third kappa shape index (κ3) is 3.44. The van der Waals surface area contributed by atoms with Crippen LogP contribution in [-0.4, -0.2) is 63.2 Å². The van der Waals surface area contributed by atoms with Crippen LogP contribution in [0, 0.1) is 0 Å². The standard InChI is InChI=1S/C16H18ClN5OS/c17-12-10-13-14(20-16(19-13)22-3-1-2-18-22)11-15(12)24-9-6-21-4-7-23-8-5-21/h1-3,10-11H,4-9H2,(H,19,20). The number of hydrogen-bond donors (Lipinski definition) is 1. The van der Waals surface area contributed by atoms with E-state index in [4.69, 9.17) is 16.3 Å². The molecule has 1 aromatic carbocycles. The smallest absolute Gasteiger partial charge is 0.229 e. The van der Waals surface area contributed by atoms with Gasteiger partial charge in [0.25, 0.3) is 0 Å². The maximum absolute atomic E-state index is 6.43. The number of halogens is 1. The fourth-order valence-electron chi connectivity index (χ4n) is 2.72. The van der Waals surface area contributed by atoms with E-state index in [2.05, 4.69) is 20.0 Å². The van der Waals surface area contributed by atoms with Crippen molar-refractivity contribution in [3.8, 4) is 5.95 Å². The van der Waals surface area contributed by atoms with Crippen molar-refractivity contribution in [1.82, 2.24) is 24.6 Å². The molecule has 1 aliphatic heterocycles. The molecule has 1 fully saturated rings. The summed E-state index contributed by atoms with van der Waals surface area (Å²) in [7, 11) is 0. The Balaban J connectivity index is 1.47. The van der Waals surface area contributed by atoms with Crippen LogP contribution in [0.3, 0.4) is 0 Å². The van der Waals surface area contributed by atoms with Crippen molar-refractivity contribution in [1.29, 1.82) is 0 Å². The van der Waals surface area contributed by atoms with E-state index in [1.165, 1.54) is 0 Å². The highest BCUT2D eigenvalue weighted by Gasteiger charge is 2.12. The number of thioether (sulfide) groups is 1. The van der Waals surface area contributed by atoms with E-state index in [-0.39, 0.29) is 0 Å². The lowest BCUT2D eigenvalue weighted by molar-refractivity contribution is 0.0410. The predicted octanol–water partition coefficient (Wildman–Crippen LogP) is 2.83. The summed E-state index contributed by atoms with van der Waals surface area (Å²) >= 11 is 8.21. The van der Waals surface area contributed by atoms with E-state index in [0.29, 0.717) is 5.95 Å². The van der Waals surface area contributed by atoms with Gasteiger partial charge in [0.05, 0.1) is 29.3 Å². The van der Waals surface area contributed by atoms with Gasteiger partial charge in [0.15, 0.2) is 0 Å². The van der Waals surface area contributed by atoms with E-state index < -0.39 is 0 Å². The molecule has 24 heavy (non-hydrogen) atoms. The zero-order chi connectivity index (χ0) is 16.4. The van der Waals surface area contributed by atoms with Crippen molar-refractivity contribution < 1.29 is 4.74 Å². The van der Waals surface area contributed by atoms with Crippen LogP contribution in [0.5, 0.6) is 0 Å². The Morgan fingerprint density at radius 2 is 2.17 bits per heavy atom. The normalized spacial score (nSPS) is 16.0. The molecule has 0 spiro atoms. The van der Waals surface area contributed by atoms with Crippen molar-refractivity contribution in [2.24, 2.45) is 0 Å². The molecule has 1 saturated heterocycles. The summed E-state index contributed by atoms with van der Waals surface area (Å²) in [4.78, 5) is 11.3. The van der Waals surface area contributed by atoms with Gasteiger partial charge < -0.3 is 9.72 Å². The van der Waals surface area contributed by atoms with Crippen LogP contribution in [0.25, 0.3) is 17.0 Å². The summed E-state index contributed by atoms with van der Waals surface area (Å²) in [6.07, 6.45) is 3.59. The number of fused-ring (bicyclic) bond motifs is 1. The van der Waals surface area contributed by atoms with Gasteiger partial charge in [-0.15, -0.1) is 11.8 Å². The van der Waals surface area contributed by atoms with Gasteiger partial charge in [-0.3, -0.25) is 4.90 Å². The quantitative estimate of drug-likeness (QED) is 0.706. The monoisotopic (exact) mass is 363 g/mol. The molecule has 2 aromatic heterocycles. The van der Waals surface area contributed by atoms with E-state index in [1.54, 1.807) is 22.6 Å². The number of aromatic nitrogens is 4. The first-order valence-corrected chi connectivity index (χ1v) is 9.28. The number of imidazole rings is 1. The largest absolute Gasteiger partial charge is 0.379 e. The fourth-order valence-corrected chi connectivity index (χ4v) is 4.01. The molecule has 0 aliphatic carbocycles. The zero-order valence-electron chi connectivity index (χ0n) is 13.1. The molecule has 0 atom stereocenters. The first kappa shape index (κ1) is 16.0. The summed E-state index contributed by atoms with van der Waals surface area (Å²) in [5, 5.41) is 4.95. The molecule has 6 nitrogen and oxygen atoms in total. The number of rotatable bonds is 5. The summed E-state index contributed by atoms with van der Waals surface area (Å²) in [5.41, 5.74) is 1.82. The van der Waals surface area contributed by atoms with Crippen molar-refractivity contribution in [2.45, 2.75) is 4.90 Å². The van der Waals surface area contributed by atoms with Gasteiger partial charge in [0.1, 0.15) is 0 Å². The maximum Gasteiger partial charge on any atom is 0.229 e. The van der Waals surface area contributed by atoms with Crippen molar-refractivity contribution in [2.75, 3.05) is 38.6 Å². The first-order chi connectivity index (χ1) is 11.8. The number of ether oxygens (including phenoxy) is 1. The van der Waals surface area contributed by atoms with Gasteiger partial charge in [0.2, 0.25) is 5.95 Å². The number of morpholine rings is 1. The van der Waals surface area contributed by atoms with Crippen molar-refractivity contribution in [3.05, 3.63) is 35.6 Å². The minimum absolute atomic E-state index is 0.696. The first-order valence-electron chi connectivity index (χ1n) is 7.92. The SMILES string of the molecule is Clc1cc2[nH]c(-n3cccn3)nc2cc1SCCN1CCOCC1. The van der Waals surface area contributed by atoms with Crippen LogP contribution < -0.4 is 0 Å². The Kier molecular flexibility index (Phi) is 4.75. The van der Waals surface area contributed by atoms with E-state index in [1.807, 2.05) is 24.4 Å². The molecule has 1 aliphatic rings. The van der Waals surface area contributed by atoms with Gasteiger partial charge in [-0.25, -0.2) is 9.67 Å². The highest BCUT2D eigenvalue weighted by atomic mass is 35.5. The second kappa shape index (κ2) is 7.14. The van der Waals surface area contributed by atoms with Crippen LogP contribution in [0.4, 0.5) is 0 Å². The molecule has 126 valence electrons. The van der Waals surface area contributed by atoms with Crippen molar-refractivity contribution in [3.63, 3.8) is 0 Å². The third-order valence-electron chi connectivity index (χ3n) is 4.01. The Morgan fingerprint density at radius 3 is 2.96 bits per heavy atom. The molecule has 0 bridgehead atoms. The lowest BCUT2D eigenvalue weighted by Gasteiger charge is -2.26. The van der Waals surface area contributed by atoms with Crippen LogP contribution in [0.2, 0.25) is 5.02 Å². The van der Waals surface area contributed by atoms with Gasteiger partial charge >= 0.3 is 0 Å². The Labute approximate surface area is 149 Å². The van der Waals surface area contributed by atoms with E-state index in [9.17, 15) is 0 Å². The number of hydrogen-bond acceptors (Lipinski definition) is 5. The number of aromatic amines is 1. The average Bonchev–Trinajstić information content (AvgIpc) is 3.25. The number of nitrogens with zero attached hydrogens (tertiary/aromatic N) is 4. The second-order valence-electron chi connectivity index (χ2n) is 5.61. The van der Waals surface area contributed by atoms with Gasteiger partial charge in [-0.2, -0.15) is 5.10 Å². The fraction of sp³-hybridized carbons (Fsp3) is 0.375. The Hall–Kier alpha value is -1.54. The summed E-state index contributed by atoms with van der Waals surface area (Å²) in [5.74, 6) is 1.70. The summed E-state index contributed by atoms with van der Waals surface area (Å²) < 4.78 is 7.08. The average molecular weight is 364 g/mol. The molecule has 1 N–H and O–H groups in total. The highest BCUT2D eigenvalue weighted by Crippen LogP contribution is 2.31. The molecule has 4 rings (SSSR count). The summed E-state index contributed by atoms with van der Waals surface area (Å²) in [6, 6.07) is 5.85. The van der Waals surface area contributed by atoms with Crippen LogP contribution in [-0.2, 0) is 4.74 Å². The van der Waals surface area contributed by atoms with Crippen LogP contribution in [0.1, 0.15) is 0 Å². The molecule has 0 radical (unpaired) electrons. The van der Waals surface area contributed by atoms with Crippen molar-refractivity contribution >= 4 is 34.4 Å². The highest BCUT2D eigenvalue weighted by molar-refractivity contribution is 7.99. The molecule has 0 amide bonds. The van der Waals surface area contributed by atoms with E-state index >= 15 is 0 Å². The van der Waals surface area contributed by atoms with E-state index in [0.717, 1.165) is 59.6 Å². The Morgan fingerprint density at radius 1 is 1.29 bits per heavy atom. The minimum atomic E-state index is 0.696. The lowest BCUT2D eigenvalue weighted by atomic mass is 10.3. The molecule has 8 heteroatoms. The van der Waals surface area contributed by atoms with Gasteiger partial charge in [0, 0.05) is 42.7 Å². The van der Waals surface area contributed by atoms with Crippen LogP contribution in [0.15, 0.2) is 35.5 Å². The molecular formula is C16H18ClN5OS. The molecule has 0 unspecified atom stereocenters. The second-order valence-corrected chi connectivity index (χ2v) is 7.16.